The first-order chi connectivity index (χ1) is 8.74. The third-order valence-electron chi connectivity index (χ3n) is 4.37. The number of carbonyl (C=O) groups is 1. The van der Waals surface area contributed by atoms with E-state index in [1.54, 1.807) is 0 Å². The molecule has 98 valence electrons. The van der Waals surface area contributed by atoms with Crippen LogP contribution in [0.25, 0.3) is 0 Å². The molecule has 0 amide bonds. The first-order valence-corrected chi connectivity index (χ1v) is 7.10. The van der Waals surface area contributed by atoms with Crippen molar-refractivity contribution in [3.05, 3.63) is 11.7 Å². The first kappa shape index (κ1) is 11.9. The van der Waals surface area contributed by atoms with Crippen molar-refractivity contribution in [3.63, 3.8) is 0 Å². The average Bonchev–Trinajstić information content (AvgIpc) is 2.98. The fourth-order valence-corrected chi connectivity index (χ4v) is 3.24. The van der Waals surface area contributed by atoms with Crippen molar-refractivity contribution in [2.45, 2.75) is 63.7 Å². The largest absolute Gasteiger partial charge is 0.339 e. The van der Waals surface area contributed by atoms with E-state index in [1.165, 1.54) is 6.42 Å². The summed E-state index contributed by atoms with van der Waals surface area (Å²) in [4.78, 5) is 16.4. The molecular formula is C14H20N2O2. The van der Waals surface area contributed by atoms with Gasteiger partial charge in [-0.15, -0.1) is 0 Å². The molecule has 2 aliphatic carbocycles. The predicted octanol–water partition coefficient (Wildman–Crippen LogP) is 3.20. The minimum absolute atomic E-state index is 0.126. The zero-order valence-electron chi connectivity index (χ0n) is 10.9. The smallest absolute Gasteiger partial charge is 0.237 e. The van der Waals surface area contributed by atoms with Crippen LogP contribution in [0.3, 0.4) is 0 Å². The Balaban J connectivity index is 1.74. The molecule has 3 unspecified atom stereocenters. The van der Waals surface area contributed by atoms with Crippen LogP contribution in [0.4, 0.5) is 0 Å². The number of hydrogen-bond acceptors (Lipinski definition) is 4. The van der Waals surface area contributed by atoms with Gasteiger partial charge in [0, 0.05) is 12.3 Å². The van der Waals surface area contributed by atoms with Crippen molar-refractivity contribution >= 4 is 5.78 Å². The lowest BCUT2D eigenvalue weighted by Gasteiger charge is -2.16. The molecule has 0 bridgehead atoms. The summed E-state index contributed by atoms with van der Waals surface area (Å²) in [6.45, 7) is 2.27. The molecule has 3 atom stereocenters. The lowest BCUT2D eigenvalue weighted by Crippen LogP contribution is -2.17. The number of rotatable bonds is 2. The molecule has 0 spiro atoms. The molecule has 2 saturated carbocycles. The van der Waals surface area contributed by atoms with Crippen molar-refractivity contribution in [3.8, 4) is 0 Å². The Labute approximate surface area is 107 Å². The van der Waals surface area contributed by atoms with E-state index in [2.05, 4.69) is 17.1 Å². The topological polar surface area (TPSA) is 56.0 Å². The molecule has 1 heterocycles. The van der Waals surface area contributed by atoms with Gasteiger partial charge in [-0.3, -0.25) is 4.79 Å². The van der Waals surface area contributed by atoms with Gasteiger partial charge in [0.05, 0.1) is 5.92 Å². The van der Waals surface area contributed by atoms with E-state index in [1.807, 2.05) is 0 Å². The summed E-state index contributed by atoms with van der Waals surface area (Å²) in [5.74, 6) is 2.74. The van der Waals surface area contributed by atoms with Gasteiger partial charge >= 0.3 is 0 Å². The zero-order chi connectivity index (χ0) is 12.5. The molecule has 0 N–H and O–H groups in total. The zero-order valence-corrected chi connectivity index (χ0v) is 10.9. The molecule has 0 aliphatic heterocycles. The Morgan fingerprint density at radius 2 is 2.11 bits per heavy atom. The summed E-state index contributed by atoms with van der Waals surface area (Å²) in [6, 6.07) is 0. The highest BCUT2D eigenvalue weighted by molar-refractivity contribution is 5.85. The molecular weight excluding hydrogens is 228 g/mol. The minimum atomic E-state index is -0.126. The van der Waals surface area contributed by atoms with Gasteiger partial charge in [0.25, 0.3) is 0 Å². The Morgan fingerprint density at radius 1 is 1.22 bits per heavy atom. The standard InChI is InChI=1S/C14H20N2O2/c1-9-6-7-10(8-9)13-15-14(18-16-13)11-4-2-3-5-12(11)17/h9-11H,2-8H2,1H3. The highest BCUT2D eigenvalue weighted by Crippen LogP contribution is 2.37. The highest BCUT2D eigenvalue weighted by Gasteiger charge is 2.31. The molecule has 2 fully saturated rings. The number of nitrogens with zero attached hydrogens (tertiary/aromatic N) is 2. The van der Waals surface area contributed by atoms with Crippen LogP contribution in [-0.4, -0.2) is 15.9 Å². The van der Waals surface area contributed by atoms with Crippen LogP contribution < -0.4 is 0 Å². The van der Waals surface area contributed by atoms with Gasteiger partial charge in [-0.25, -0.2) is 0 Å². The van der Waals surface area contributed by atoms with Crippen LogP contribution in [0.1, 0.15) is 75.4 Å². The van der Waals surface area contributed by atoms with Gasteiger partial charge < -0.3 is 4.52 Å². The Kier molecular flexibility index (Phi) is 3.18. The maximum Gasteiger partial charge on any atom is 0.237 e. The predicted molar refractivity (Wildman–Crippen MR) is 66.3 cm³/mol. The van der Waals surface area contributed by atoms with E-state index in [0.717, 1.165) is 43.8 Å². The maximum absolute atomic E-state index is 11.8. The van der Waals surface area contributed by atoms with E-state index in [-0.39, 0.29) is 11.7 Å². The Morgan fingerprint density at radius 3 is 2.83 bits per heavy atom. The second-order valence-electron chi connectivity index (χ2n) is 5.87. The van der Waals surface area contributed by atoms with E-state index in [9.17, 15) is 4.79 Å². The molecule has 1 aromatic rings. The maximum atomic E-state index is 11.8. The summed E-state index contributed by atoms with van der Waals surface area (Å²) in [6.07, 6.45) is 7.20. The van der Waals surface area contributed by atoms with E-state index in [4.69, 9.17) is 4.52 Å². The van der Waals surface area contributed by atoms with Crippen molar-refractivity contribution in [2.24, 2.45) is 5.92 Å². The van der Waals surface area contributed by atoms with Crippen LogP contribution in [0.2, 0.25) is 0 Å². The van der Waals surface area contributed by atoms with E-state index < -0.39 is 0 Å². The quantitative estimate of drug-likeness (QED) is 0.806. The third-order valence-corrected chi connectivity index (χ3v) is 4.37. The monoisotopic (exact) mass is 248 g/mol. The van der Waals surface area contributed by atoms with E-state index in [0.29, 0.717) is 18.2 Å². The molecule has 0 aromatic carbocycles. The number of carbonyl (C=O) groups excluding carboxylic acids is 1. The Bertz CT molecular complexity index is 441. The fourth-order valence-electron chi connectivity index (χ4n) is 3.24. The molecule has 3 rings (SSSR count). The molecule has 1 aromatic heterocycles. The van der Waals surface area contributed by atoms with Crippen molar-refractivity contribution < 1.29 is 9.32 Å². The van der Waals surface area contributed by atoms with Crippen LogP contribution >= 0.6 is 0 Å². The van der Waals surface area contributed by atoms with Crippen LogP contribution in [0.5, 0.6) is 0 Å². The molecule has 0 radical (unpaired) electrons. The van der Waals surface area contributed by atoms with Gasteiger partial charge in [0.15, 0.2) is 5.82 Å². The lowest BCUT2D eigenvalue weighted by molar-refractivity contribution is -0.122. The molecule has 2 aliphatic rings. The second kappa shape index (κ2) is 4.82. The van der Waals surface area contributed by atoms with E-state index >= 15 is 0 Å². The van der Waals surface area contributed by atoms with Crippen LogP contribution in [-0.2, 0) is 4.79 Å². The van der Waals surface area contributed by atoms with Gasteiger partial charge in [0.1, 0.15) is 5.78 Å². The minimum Gasteiger partial charge on any atom is -0.339 e. The summed E-state index contributed by atoms with van der Waals surface area (Å²) < 4.78 is 5.34. The SMILES string of the molecule is CC1CCC(c2noc(C3CCCCC3=O)n2)C1. The van der Waals surface area contributed by atoms with Crippen molar-refractivity contribution in [1.29, 1.82) is 0 Å². The summed E-state index contributed by atoms with van der Waals surface area (Å²) in [5, 5.41) is 4.10. The number of ketones is 1. The van der Waals surface area contributed by atoms with Gasteiger partial charge in [-0.1, -0.05) is 18.5 Å². The third kappa shape index (κ3) is 2.20. The number of Topliss-reactive ketones (excluding diaryl/α,β-unsaturated/α-hetero) is 1. The van der Waals surface area contributed by atoms with Crippen LogP contribution in [0, 0.1) is 5.92 Å². The molecule has 4 nitrogen and oxygen atoms in total. The van der Waals surface area contributed by atoms with Crippen LogP contribution in [0.15, 0.2) is 4.52 Å². The normalized spacial score (nSPS) is 32.9. The van der Waals surface area contributed by atoms with Gasteiger partial charge in [-0.05, 0) is 38.0 Å². The first-order valence-electron chi connectivity index (χ1n) is 7.10. The van der Waals surface area contributed by atoms with Crippen molar-refractivity contribution in [2.75, 3.05) is 0 Å². The van der Waals surface area contributed by atoms with Gasteiger partial charge in [0.2, 0.25) is 5.89 Å². The summed E-state index contributed by atoms with van der Waals surface area (Å²) in [7, 11) is 0. The number of aromatic nitrogens is 2. The number of hydrogen-bond donors (Lipinski definition) is 0. The fraction of sp³-hybridized carbons (Fsp3) is 0.786. The van der Waals surface area contributed by atoms with Crippen molar-refractivity contribution in [1.82, 2.24) is 10.1 Å². The summed E-state index contributed by atoms with van der Waals surface area (Å²) >= 11 is 0. The molecule has 4 heteroatoms. The Hall–Kier alpha value is -1.19. The summed E-state index contributed by atoms with van der Waals surface area (Å²) in [5.41, 5.74) is 0. The molecule has 18 heavy (non-hydrogen) atoms. The highest BCUT2D eigenvalue weighted by atomic mass is 16.5. The lowest BCUT2D eigenvalue weighted by atomic mass is 9.88. The second-order valence-corrected chi connectivity index (χ2v) is 5.87. The van der Waals surface area contributed by atoms with Gasteiger partial charge in [-0.2, -0.15) is 4.98 Å². The average molecular weight is 248 g/mol. The molecule has 0 saturated heterocycles.